The molecule has 1 aromatic rings. The minimum atomic E-state index is -1.14. The molecule has 1 saturated heterocycles. The van der Waals surface area contributed by atoms with E-state index in [0.717, 1.165) is 0 Å². The predicted molar refractivity (Wildman–Crippen MR) is 67.8 cm³/mol. The Balaban J connectivity index is 2.53. The van der Waals surface area contributed by atoms with Crippen LogP contribution in [0.3, 0.4) is 0 Å². The summed E-state index contributed by atoms with van der Waals surface area (Å²) in [7, 11) is 0. The Kier molecular flexibility index (Phi) is 3.17. The number of benzene rings is 1. The second-order valence-corrected chi connectivity index (χ2v) is 4.76. The Morgan fingerprint density at radius 2 is 1.83 bits per heavy atom. The Labute approximate surface area is 110 Å². The second-order valence-electron chi connectivity index (χ2n) is 4.32. The molecule has 5 nitrogen and oxygen atoms in total. The first-order valence-corrected chi connectivity index (χ1v) is 5.99. The number of halogens is 1. The van der Waals surface area contributed by atoms with Crippen LogP contribution >= 0.6 is 11.6 Å². The standard InChI is InChI=1S/C12H14ClN3O2/c13-9-4-2-8(3-5-9)12(10(14)17)6-1-7-16(12)11(15)18/h2-5H,1,6-7H2,(H2,14,17)(H2,15,18). The van der Waals surface area contributed by atoms with Gasteiger partial charge >= 0.3 is 6.03 Å². The fourth-order valence-corrected chi connectivity index (χ4v) is 2.67. The molecule has 0 aliphatic carbocycles. The Bertz CT molecular complexity index is 489. The van der Waals surface area contributed by atoms with Gasteiger partial charge in [0.25, 0.3) is 0 Å². The van der Waals surface area contributed by atoms with Gasteiger partial charge in [0.15, 0.2) is 0 Å². The monoisotopic (exact) mass is 267 g/mol. The van der Waals surface area contributed by atoms with Crippen molar-refractivity contribution in [3.8, 4) is 0 Å². The molecule has 1 aliphatic heterocycles. The molecule has 4 N–H and O–H groups in total. The third kappa shape index (κ3) is 1.80. The summed E-state index contributed by atoms with van der Waals surface area (Å²) in [5, 5.41) is 0.557. The van der Waals surface area contributed by atoms with Gasteiger partial charge in [0.2, 0.25) is 5.91 Å². The zero-order valence-corrected chi connectivity index (χ0v) is 10.5. The van der Waals surface area contributed by atoms with Crippen LogP contribution in [0.15, 0.2) is 24.3 Å². The van der Waals surface area contributed by atoms with Gasteiger partial charge in [-0.2, -0.15) is 0 Å². The van der Waals surface area contributed by atoms with Crippen LogP contribution in [0.1, 0.15) is 18.4 Å². The predicted octanol–water partition coefficient (Wildman–Crippen LogP) is 1.20. The summed E-state index contributed by atoms with van der Waals surface area (Å²) >= 11 is 5.82. The van der Waals surface area contributed by atoms with E-state index in [4.69, 9.17) is 23.1 Å². The fraction of sp³-hybridized carbons (Fsp3) is 0.333. The number of urea groups is 1. The number of hydrogen-bond acceptors (Lipinski definition) is 2. The molecule has 0 aromatic heterocycles. The highest BCUT2D eigenvalue weighted by atomic mass is 35.5. The third-order valence-electron chi connectivity index (χ3n) is 3.38. The van der Waals surface area contributed by atoms with Crippen LogP contribution < -0.4 is 11.5 Å². The zero-order valence-electron chi connectivity index (χ0n) is 9.73. The molecule has 1 atom stereocenters. The summed E-state index contributed by atoms with van der Waals surface area (Å²) in [5.41, 5.74) is 10.3. The molecular weight excluding hydrogens is 254 g/mol. The highest BCUT2D eigenvalue weighted by molar-refractivity contribution is 6.30. The number of carbonyl (C=O) groups excluding carboxylic acids is 2. The quantitative estimate of drug-likeness (QED) is 0.843. The molecule has 1 aromatic carbocycles. The van der Waals surface area contributed by atoms with Crippen molar-refractivity contribution in [3.05, 3.63) is 34.9 Å². The first-order valence-electron chi connectivity index (χ1n) is 5.61. The molecule has 0 saturated carbocycles. The largest absolute Gasteiger partial charge is 0.367 e. The SMILES string of the molecule is NC(=O)N1CCCC1(C(N)=O)c1ccc(Cl)cc1. The number of nitrogens with two attached hydrogens (primary N) is 2. The van der Waals surface area contributed by atoms with Crippen molar-refractivity contribution in [1.29, 1.82) is 0 Å². The van der Waals surface area contributed by atoms with E-state index in [9.17, 15) is 9.59 Å². The molecule has 6 heteroatoms. The Hall–Kier alpha value is -1.75. The Morgan fingerprint density at radius 1 is 1.22 bits per heavy atom. The smallest absolute Gasteiger partial charge is 0.315 e. The molecule has 0 radical (unpaired) electrons. The average molecular weight is 268 g/mol. The molecular formula is C12H14ClN3O2. The maximum atomic E-state index is 11.9. The van der Waals surface area contributed by atoms with E-state index >= 15 is 0 Å². The van der Waals surface area contributed by atoms with Gasteiger partial charge < -0.3 is 16.4 Å². The van der Waals surface area contributed by atoms with Gasteiger partial charge in [0.1, 0.15) is 5.54 Å². The minimum Gasteiger partial charge on any atom is -0.367 e. The van der Waals surface area contributed by atoms with Crippen LogP contribution in [0.5, 0.6) is 0 Å². The normalized spacial score (nSPS) is 23.1. The fourth-order valence-electron chi connectivity index (χ4n) is 2.54. The van der Waals surface area contributed by atoms with E-state index in [1.165, 1.54) is 4.90 Å². The summed E-state index contributed by atoms with van der Waals surface area (Å²) in [4.78, 5) is 24.7. The van der Waals surface area contributed by atoms with E-state index in [1.54, 1.807) is 24.3 Å². The number of nitrogens with zero attached hydrogens (tertiary/aromatic N) is 1. The van der Waals surface area contributed by atoms with Crippen molar-refractivity contribution in [2.24, 2.45) is 11.5 Å². The van der Waals surface area contributed by atoms with Crippen molar-refractivity contribution in [2.75, 3.05) is 6.54 Å². The molecule has 1 aliphatic rings. The summed E-state index contributed by atoms with van der Waals surface area (Å²) in [6.45, 7) is 0.431. The molecule has 96 valence electrons. The summed E-state index contributed by atoms with van der Waals surface area (Å²) < 4.78 is 0. The van der Waals surface area contributed by atoms with Crippen LogP contribution in [-0.2, 0) is 10.3 Å². The molecule has 0 spiro atoms. The summed E-state index contributed by atoms with van der Waals surface area (Å²) in [6, 6.07) is 6.10. The molecule has 1 fully saturated rings. The van der Waals surface area contributed by atoms with Crippen LogP contribution in [0.4, 0.5) is 4.79 Å². The lowest BCUT2D eigenvalue weighted by atomic mass is 9.86. The van der Waals surface area contributed by atoms with Gasteiger partial charge in [-0.05, 0) is 30.5 Å². The molecule has 1 unspecified atom stereocenters. The van der Waals surface area contributed by atoms with Crippen molar-refractivity contribution < 1.29 is 9.59 Å². The molecule has 3 amide bonds. The lowest BCUT2D eigenvalue weighted by molar-refractivity contribution is -0.127. The zero-order chi connectivity index (χ0) is 13.3. The van der Waals surface area contributed by atoms with Crippen molar-refractivity contribution in [1.82, 2.24) is 4.90 Å². The third-order valence-corrected chi connectivity index (χ3v) is 3.63. The second kappa shape index (κ2) is 4.49. The highest BCUT2D eigenvalue weighted by Gasteiger charge is 2.49. The molecule has 1 heterocycles. The van der Waals surface area contributed by atoms with Gasteiger partial charge in [-0.15, -0.1) is 0 Å². The van der Waals surface area contributed by atoms with Gasteiger partial charge in [0, 0.05) is 11.6 Å². The number of likely N-dealkylation sites (tertiary alicyclic amines) is 1. The van der Waals surface area contributed by atoms with Crippen LogP contribution in [0, 0.1) is 0 Å². The number of primary amides is 2. The maximum absolute atomic E-state index is 11.9. The highest BCUT2D eigenvalue weighted by Crippen LogP contribution is 2.38. The van der Waals surface area contributed by atoms with E-state index in [2.05, 4.69) is 0 Å². The first kappa shape index (κ1) is 12.7. The molecule has 0 bridgehead atoms. The van der Waals surface area contributed by atoms with E-state index in [1.807, 2.05) is 0 Å². The number of rotatable bonds is 2. The summed E-state index contributed by atoms with van der Waals surface area (Å²) in [6.07, 6.45) is 1.17. The average Bonchev–Trinajstić information content (AvgIpc) is 2.75. The summed E-state index contributed by atoms with van der Waals surface area (Å²) in [5.74, 6) is -0.568. The van der Waals surface area contributed by atoms with E-state index in [-0.39, 0.29) is 0 Å². The van der Waals surface area contributed by atoms with Gasteiger partial charge in [-0.3, -0.25) is 4.79 Å². The number of amides is 3. The molecule has 18 heavy (non-hydrogen) atoms. The van der Waals surface area contributed by atoms with E-state index < -0.39 is 17.5 Å². The van der Waals surface area contributed by atoms with Gasteiger partial charge in [0.05, 0.1) is 0 Å². The number of carbonyl (C=O) groups is 2. The van der Waals surface area contributed by atoms with E-state index in [0.29, 0.717) is 30.0 Å². The minimum absolute atomic E-state index is 0.431. The lowest BCUT2D eigenvalue weighted by Gasteiger charge is -2.35. The van der Waals surface area contributed by atoms with Crippen molar-refractivity contribution in [2.45, 2.75) is 18.4 Å². The molecule has 2 rings (SSSR count). The Morgan fingerprint density at radius 3 is 2.33 bits per heavy atom. The first-order chi connectivity index (χ1) is 8.48. The lowest BCUT2D eigenvalue weighted by Crippen LogP contribution is -2.55. The van der Waals surface area contributed by atoms with Gasteiger partial charge in [-0.25, -0.2) is 4.79 Å². The number of hydrogen-bond donors (Lipinski definition) is 2. The van der Waals surface area contributed by atoms with Crippen LogP contribution in [-0.4, -0.2) is 23.4 Å². The van der Waals surface area contributed by atoms with Crippen LogP contribution in [0.2, 0.25) is 5.02 Å². The van der Waals surface area contributed by atoms with Crippen LogP contribution in [0.25, 0.3) is 0 Å². The van der Waals surface area contributed by atoms with Crippen molar-refractivity contribution in [3.63, 3.8) is 0 Å². The van der Waals surface area contributed by atoms with Crippen molar-refractivity contribution >= 4 is 23.5 Å². The maximum Gasteiger partial charge on any atom is 0.315 e. The topological polar surface area (TPSA) is 89.4 Å². The van der Waals surface area contributed by atoms with Gasteiger partial charge in [-0.1, -0.05) is 23.7 Å².